The Morgan fingerprint density at radius 1 is 0.741 bits per heavy atom. The molecule has 0 N–H and O–H groups in total. The van der Waals surface area contributed by atoms with Gasteiger partial charge in [-0.25, -0.2) is 4.79 Å². The van der Waals surface area contributed by atoms with E-state index in [1.54, 1.807) is 7.11 Å². The SMILES string of the molecule is CC=C1CN(C(=O)N2CC(=CC)C3CC4OCC3C2CC42C(=O)N(OC)c3cc(OC)ccc32)C2CC3(C(=O)N(OC)c4ccccc43)C3CC1C2CO3. The van der Waals surface area contributed by atoms with Crippen LogP contribution < -0.4 is 14.9 Å². The summed E-state index contributed by atoms with van der Waals surface area (Å²) in [5, 5.41) is 2.81. The van der Waals surface area contributed by atoms with Crippen LogP contribution >= 0.6 is 0 Å². The highest BCUT2D eigenvalue weighted by atomic mass is 16.7. The highest BCUT2D eigenvalue weighted by Gasteiger charge is 2.67. The lowest BCUT2D eigenvalue weighted by atomic mass is 9.72. The molecule has 2 saturated carbocycles. The molecule has 8 aliphatic heterocycles. The highest BCUT2D eigenvalue weighted by molar-refractivity contribution is 6.08. The number of anilines is 2. The molecule has 12 rings (SSSR count). The van der Waals surface area contributed by atoms with Crippen LogP contribution in [-0.4, -0.2) is 99.6 Å². The van der Waals surface area contributed by atoms with Crippen LogP contribution in [0.5, 0.6) is 5.75 Å². The predicted octanol–water partition coefficient (Wildman–Crippen LogP) is 4.92. The van der Waals surface area contributed by atoms with Gasteiger partial charge in [0.25, 0.3) is 11.8 Å². The second kappa shape index (κ2) is 12.1. The molecule has 8 heterocycles. The summed E-state index contributed by atoms with van der Waals surface area (Å²) >= 11 is 0. The molecule has 6 saturated heterocycles. The standard InChI is InChI=1S/C42H48N4O8/c1-6-23-19-43(34-17-41(36-15-26(23)28(34)21-53-36)30-10-8-9-11-32(30)45(51-4)38(41)47)40(49)44-20-24(7-2)27-16-37-42(18-35(44)29(27)22-54-37)31-13-12-25(50-3)14-33(31)46(52-5)39(42)48/h6-14,26-29,34-37H,15-22H2,1-5H3. The van der Waals surface area contributed by atoms with Crippen molar-refractivity contribution < 1.29 is 38.3 Å². The molecule has 2 aromatic rings. The number of carbonyl (C=O) groups is 3. The van der Waals surface area contributed by atoms with Crippen LogP contribution in [0.25, 0.3) is 0 Å². The van der Waals surface area contributed by atoms with E-state index in [4.69, 9.17) is 23.9 Å². The van der Waals surface area contributed by atoms with Crippen molar-refractivity contribution in [3.05, 3.63) is 76.9 Å². The third kappa shape index (κ3) is 4.20. The number of nitrogens with zero attached hydrogens (tertiary/aromatic N) is 4. The predicted molar refractivity (Wildman–Crippen MR) is 198 cm³/mol. The van der Waals surface area contributed by atoms with E-state index in [1.165, 1.54) is 35.5 Å². The first-order valence-electron chi connectivity index (χ1n) is 19.4. The number of ether oxygens (including phenoxy) is 3. The van der Waals surface area contributed by atoms with Crippen LogP contribution in [0.3, 0.4) is 0 Å². The number of para-hydroxylation sites is 1. The molecule has 54 heavy (non-hydrogen) atoms. The number of hydrogen-bond donors (Lipinski definition) is 0. The first-order valence-corrected chi connectivity index (χ1v) is 19.4. The van der Waals surface area contributed by atoms with E-state index in [1.807, 2.05) is 47.4 Å². The summed E-state index contributed by atoms with van der Waals surface area (Å²) in [6.07, 6.45) is 5.87. The fraction of sp³-hybridized carbons (Fsp3) is 0.548. The van der Waals surface area contributed by atoms with E-state index in [0.29, 0.717) is 63.4 Å². The maximum Gasteiger partial charge on any atom is 0.321 e. The molecular weight excluding hydrogens is 688 g/mol. The number of likely N-dealkylation sites (tertiary alicyclic amines) is 2. The van der Waals surface area contributed by atoms with E-state index in [9.17, 15) is 9.59 Å². The largest absolute Gasteiger partial charge is 0.497 e. The Kier molecular flexibility index (Phi) is 7.70. The molecule has 10 aliphatic rings. The first kappa shape index (κ1) is 34.3. The summed E-state index contributed by atoms with van der Waals surface area (Å²) < 4.78 is 19.0. The second-order valence-corrected chi connectivity index (χ2v) is 16.4. The first-order chi connectivity index (χ1) is 26.2. The summed E-state index contributed by atoms with van der Waals surface area (Å²) in [5.41, 5.74) is 3.52. The van der Waals surface area contributed by atoms with Gasteiger partial charge in [0.2, 0.25) is 0 Å². The molecule has 2 aliphatic carbocycles. The molecule has 4 amide bonds. The van der Waals surface area contributed by atoms with Crippen molar-refractivity contribution in [2.24, 2.45) is 23.7 Å². The number of hydrogen-bond acceptors (Lipinski definition) is 8. The molecule has 2 spiro atoms. The van der Waals surface area contributed by atoms with Gasteiger partial charge in [-0.1, -0.05) is 47.6 Å². The van der Waals surface area contributed by atoms with Crippen molar-refractivity contribution in [1.29, 1.82) is 0 Å². The number of urea groups is 1. The van der Waals surface area contributed by atoms with Gasteiger partial charge in [-0.05, 0) is 74.6 Å². The summed E-state index contributed by atoms with van der Waals surface area (Å²) in [7, 11) is 4.65. The summed E-state index contributed by atoms with van der Waals surface area (Å²) in [6.45, 7) is 6.01. The lowest BCUT2D eigenvalue weighted by molar-refractivity contribution is -0.138. The van der Waals surface area contributed by atoms with E-state index in [2.05, 4.69) is 30.9 Å². The lowest BCUT2D eigenvalue weighted by Gasteiger charge is -2.52. The monoisotopic (exact) mass is 736 g/mol. The average molecular weight is 737 g/mol. The van der Waals surface area contributed by atoms with Crippen LogP contribution in [0.15, 0.2) is 65.8 Å². The molecular formula is C42H48N4O8. The summed E-state index contributed by atoms with van der Waals surface area (Å²) in [4.78, 5) is 60.7. The number of rotatable bonds is 3. The van der Waals surface area contributed by atoms with Crippen molar-refractivity contribution in [3.63, 3.8) is 0 Å². The van der Waals surface area contributed by atoms with Crippen LogP contribution in [0, 0.1) is 23.7 Å². The third-order valence-electron chi connectivity index (χ3n) is 14.8. The lowest BCUT2D eigenvalue weighted by Crippen LogP contribution is -2.62. The van der Waals surface area contributed by atoms with Gasteiger partial charge < -0.3 is 24.0 Å². The molecule has 8 bridgehead atoms. The Labute approximate surface area is 315 Å². The minimum Gasteiger partial charge on any atom is -0.497 e. The van der Waals surface area contributed by atoms with Crippen LogP contribution in [0.1, 0.15) is 50.7 Å². The number of amides is 4. The van der Waals surface area contributed by atoms with Crippen molar-refractivity contribution in [2.75, 3.05) is 57.8 Å². The van der Waals surface area contributed by atoms with Gasteiger partial charge in [-0.3, -0.25) is 19.3 Å². The number of piperidine rings is 2. The van der Waals surface area contributed by atoms with Gasteiger partial charge in [0.15, 0.2) is 0 Å². The molecule has 8 fully saturated rings. The van der Waals surface area contributed by atoms with Gasteiger partial charge >= 0.3 is 6.03 Å². The minimum atomic E-state index is -1.04. The maximum atomic E-state index is 15.7. The number of hydroxylamine groups is 2. The fourth-order valence-electron chi connectivity index (χ4n) is 12.3. The number of benzene rings is 2. The zero-order chi connectivity index (χ0) is 37.3. The molecule has 0 aromatic heterocycles. The molecule has 12 nitrogen and oxygen atoms in total. The number of methoxy groups -OCH3 is 1. The smallest absolute Gasteiger partial charge is 0.321 e. The Morgan fingerprint density at radius 2 is 1.26 bits per heavy atom. The normalized spacial score (nSPS) is 38.8. The molecule has 10 unspecified atom stereocenters. The summed E-state index contributed by atoms with van der Waals surface area (Å²) in [6, 6.07) is 13.0. The van der Waals surface area contributed by atoms with E-state index in [0.717, 1.165) is 16.8 Å². The quantitative estimate of drug-likeness (QED) is 0.409. The molecule has 284 valence electrons. The van der Waals surface area contributed by atoms with Gasteiger partial charge in [-0.15, -0.1) is 0 Å². The van der Waals surface area contributed by atoms with Gasteiger partial charge in [0.1, 0.15) is 16.6 Å². The van der Waals surface area contributed by atoms with E-state index in [-0.39, 0.29) is 65.8 Å². The zero-order valence-corrected chi connectivity index (χ0v) is 31.5. The summed E-state index contributed by atoms with van der Waals surface area (Å²) in [5.74, 6) is 0.770. The van der Waals surface area contributed by atoms with Gasteiger partial charge in [0, 0.05) is 43.1 Å². The Balaban J connectivity index is 1.08. The number of fused-ring (bicyclic) bond motifs is 4. The van der Waals surface area contributed by atoms with Crippen LogP contribution in [0.4, 0.5) is 16.2 Å². The molecule has 12 heteroatoms. The van der Waals surface area contributed by atoms with E-state index >= 15 is 4.79 Å². The van der Waals surface area contributed by atoms with Gasteiger partial charge in [0.05, 0.1) is 58.1 Å². The van der Waals surface area contributed by atoms with Crippen molar-refractivity contribution in [3.8, 4) is 5.75 Å². The number of allylic oxidation sites excluding steroid dienone is 2. The molecule has 10 atom stereocenters. The van der Waals surface area contributed by atoms with Crippen molar-refractivity contribution in [1.82, 2.24) is 9.80 Å². The Morgan fingerprint density at radius 3 is 1.78 bits per heavy atom. The second-order valence-electron chi connectivity index (χ2n) is 16.4. The Bertz CT molecular complexity index is 2020. The van der Waals surface area contributed by atoms with Crippen LogP contribution in [-0.2, 0) is 39.6 Å². The average Bonchev–Trinajstić information content (AvgIpc) is 3.33. The minimum absolute atomic E-state index is 0.0209. The van der Waals surface area contributed by atoms with Gasteiger partial charge in [-0.2, -0.15) is 10.1 Å². The number of carbonyl (C=O) groups excluding carboxylic acids is 3. The fourth-order valence-corrected chi connectivity index (χ4v) is 12.3. The zero-order valence-electron chi connectivity index (χ0n) is 31.5. The van der Waals surface area contributed by atoms with Crippen molar-refractivity contribution in [2.45, 2.75) is 74.7 Å². The van der Waals surface area contributed by atoms with Crippen molar-refractivity contribution >= 4 is 29.2 Å². The third-order valence-corrected chi connectivity index (χ3v) is 14.8. The Hall–Kier alpha value is -4.23. The van der Waals surface area contributed by atoms with Crippen LogP contribution in [0.2, 0.25) is 0 Å². The van der Waals surface area contributed by atoms with E-state index < -0.39 is 10.8 Å². The highest BCUT2D eigenvalue weighted by Crippen LogP contribution is 2.60. The molecule has 2 aromatic carbocycles. The maximum absolute atomic E-state index is 15.7. The topological polar surface area (TPSA) is 110 Å². The molecule has 0 radical (unpaired) electrons.